The van der Waals surface area contributed by atoms with E-state index in [0.717, 1.165) is 0 Å². The Hall–Kier alpha value is -1.62. The standard InChI is InChI=1S/C12H16N2O2S/c1-3-9(11(13)17)14-12(16)8-4-5-10(15)7(2)6-8/h4-6,9,15H,3H2,1-2H3,(H2,13,17)(H,14,16). The van der Waals surface area contributed by atoms with E-state index < -0.39 is 0 Å². The lowest BCUT2D eigenvalue weighted by Crippen LogP contribution is -2.43. The molecule has 1 amide bonds. The smallest absolute Gasteiger partial charge is 0.251 e. The predicted molar refractivity (Wildman–Crippen MR) is 71.2 cm³/mol. The lowest BCUT2D eigenvalue weighted by Gasteiger charge is -2.15. The normalized spacial score (nSPS) is 11.9. The summed E-state index contributed by atoms with van der Waals surface area (Å²) in [5.41, 5.74) is 6.64. The fourth-order valence-electron chi connectivity index (χ4n) is 1.41. The lowest BCUT2D eigenvalue weighted by molar-refractivity contribution is 0.0946. The first-order chi connectivity index (χ1) is 7.95. The molecule has 0 aliphatic rings. The van der Waals surface area contributed by atoms with E-state index in [9.17, 15) is 9.90 Å². The van der Waals surface area contributed by atoms with Crippen molar-refractivity contribution in [2.75, 3.05) is 0 Å². The maximum atomic E-state index is 11.9. The van der Waals surface area contributed by atoms with Crippen LogP contribution in [0.1, 0.15) is 29.3 Å². The van der Waals surface area contributed by atoms with Crippen LogP contribution in [0.2, 0.25) is 0 Å². The van der Waals surface area contributed by atoms with Crippen LogP contribution in [0.5, 0.6) is 5.75 Å². The first-order valence-corrected chi connectivity index (χ1v) is 5.76. The van der Waals surface area contributed by atoms with E-state index >= 15 is 0 Å². The number of carbonyl (C=O) groups excluding carboxylic acids is 1. The predicted octanol–water partition coefficient (Wildman–Crippen LogP) is 1.50. The molecule has 0 bridgehead atoms. The van der Waals surface area contributed by atoms with E-state index in [1.807, 2.05) is 6.92 Å². The summed E-state index contributed by atoms with van der Waals surface area (Å²) < 4.78 is 0. The molecule has 1 aromatic carbocycles. The summed E-state index contributed by atoms with van der Waals surface area (Å²) in [4.78, 5) is 12.1. The molecule has 17 heavy (non-hydrogen) atoms. The van der Waals surface area contributed by atoms with Crippen molar-refractivity contribution in [1.29, 1.82) is 0 Å². The summed E-state index contributed by atoms with van der Waals surface area (Å²) in [6.45, 7) is 3.63. The third-order valence-electron chi connectivity index (χ3n) is 2.52. The molecule has 0 radical (unpaired) electrons. The Kier molecular flexibility index (Phi) is 4.45. The number of amides is 1. The second kappa shape index (κ2) is 5.63. The number of benzene rings is 1. The maximum absolute atomic E-state index is 11.9. The molecule has 1 rings (SSSR count). The van der Waals surface area contributed by atoms with Gasteiger partial charge in [-0.1, -0.05) is 19.1 Å². The van der Waals surface area contributed by atoms with Gasteiger partial charge in [-0.3, -0.25) is 4.79 Å². The molecule has 0 saturated heterocycles. The summed E-state index contributed by atoms with van der Waals surface area (Å²) in [6.07, 6.45) is 0.651. The average molecular weight is 252 g/mol. The molecule has 1 atom stereocenters. The van der Waals surface area contributed by atoms with Gasteiger partial charge in [0.05, 0.1) is 11.0 Å². The van der Waals surface area contributed by atoms with Gasteiger partial charge < -0.3 is 16.2 Å². The molecule has 0 aliphatic heterocycles. The summed E-state index contributed by atoms with van der Waals surface area (Å²) in [6, 6.07) is 4.37. The highest BCUT2D eigenvalue weighted by atomic mass is 32.1. The highest BCUT2D eigenvalue weighted by molar-refractivity contribution is 7.80. The van der Waals surface area contributed by atoms with Crippen LogP contribution in [0.3, 0.4) is 0 Å². The second-order valence-corrected chi connectivity index (χ2v) is 4.31. The van der Waals surface area contributed by atoms with Gasteiger partial charge in [0.1, 0.15) is 5.75 Å². The molecule has 0 saturated carbocycles. The molecule has 4 nitrogen and oxygen atoms in total. The summed E-state index contributed by atoms with van der Waals surface area (Å²) >= 11 is 4.85. The molecule has 92 valence electrons. The Morgan fingerprint density at radius 3 is 2.71 bits per heavy atom. The maximum Gasteiger partial charge on any atom is 0.251 e. The van der Waals surface area contributed by atoms with E-state index in [4.69, 9.17) is 18.0 Å². The van der Waals surface area contributed by atoms with Crippen molar-refractivity contribution < 1.29 is 9.90 Å². The fraction of sp³-hybridized carbons (Fsp3) is 0.333. The van der Waals surface area contributed by atoms with Crippen LogP contribution in [-0.2, 0) is 0 Å². The number of rotatable bonds is 4. The quantitative estimate of drug-likeness (QED) is 0.710. The van der Waals surface area contributed by atoms with Gasteiger partial charge in [0.15, 0.2) is 0 Å². The second-order valence-electron chi connectivity index (χ2n) is 3.84. The van der Waals surface area contributed by atoms with Crippen molar-refractivity contribution >= 4 is 23.1 Å². The zero-order valence-corrected chi connectivity index (χ0v) is 10.7. The molecule has 0 heterocycles. The van der Waals surface area contributed by atoms with Crippen LogP contribution in [0.25, 0.3) is 0 Å². The van der Waals surface area contributed by atoms with Crippen LogP contribution < -0.4 is 11.1 Å². The average Bonchev–Trinajstić information content (AvgIpc) is 2.28. The Morgan fingerprint density at radius 2 is 2.24 bits per heavy atom. The molecule has 0 fully saturated rings. The van der Waals surface area contributed by atoms with Crippen LogP contribution in [0.4, 0.5) is 0 Å². The Balaban J connectivity index is 2.82. The van der Waals surface area contributed by atoms with Gasteiger partial charge in [-0.05, 0) is 37.1 Å². The molecule has 0 aliphatic carbocycles. The first-order valence-electron chi connectivity index (χ1n) is 5.35. The van der Waals surface area contributed by atoms with E-state index in [-0.39, 0.29) is 22.7 Å². The third-order valence-corrected chi connectivity index (χ3v) is 2.80. The number of phenolic OH excluding ortho intramolecular Hbond substituents is 1. The number of thiocarbonyl (C=S) groups is 1. The molecular weight excluding hydrogens is 236 g/mol. The van der Waals surface area contributed by atoms with Crippen molar-refractivity contribution in [2.24, 2.45) is 5.73 Å². The molecule has 4 N–H and O–H groups in total. The molecule has 1 aromatic rings. The minimum Gasteiger partial charge on any atom is -0.508 e. The number of aryl methyl sites for hydroxylation is 1. The topological polar surface area (TPSA) is 75.3 Å². The molecular formula is C12H16N2O2S. The van der Waals surface area contributed by atoms with E-state index in [1.54, 1.807) is 19.1 Å². The number of nitrogens with one attached hydrogen (secondary N) is 1. The fourth-order valence-corrected chi connectivity index (χ4v) is 1.64. The minimum atomic E-state index is -0.299. The van der Waals surface area contributed by atoms with Crippen molar-refractivity contribution in [1.82, 2.24) is 5.32 Å². The summed E-state index contributed by atoms with van der Waals surface area (Å²) in [5, 5.41) is 12.1. The van der Waals surface area contributed by atoms with Gasteiger partial charge in [-0.2, -0.15) is 0 Å². The van der Waals surface area contributed by atoms with Gasteiger partial charge in [-0.15, -0.1) is 0 Å². The Morgan fingerprint density at radius 1 is 1.59 bits per heavy atom. The zero-order valence-electron chi connectivity index (χ0n) is 9.86. The summed E-state index contributed by atoms with van der Waals surface area (Å²) in [7, 11) is 0. The van der Waals surface area contributed by atoms with Gasteiger partial charge >= 0.3 is 0 Å². The minimum absolute atomic E-state index is 0.169. The molecule has 0 spiro atoms. The molecule has 0 aromatic heterocycles. The first kappa shape index (κ1) is 13.4. The van der Waals surface area contributed by atoms with Gasteiger partial charge in [-0.25, -0.2) is 0 Å². The number of hydrogen-bond donors (Lipinski definition) is 3. The van der Waals surface area contributed by atoms with E-state index in [0.29, 0.717) is 17.5 Å². The van der Waals surface area contributed by atoms with E-state index in [1.165, 1.54) is 6.07 Å². The monoisotopic (exact) mass is 252 g/mol. The van der Waals surface area contributed by atoms with Gasteiger partial charge in [0.2, 0.25) is 0 Å². The van der Waals surface area contributed by atoms with Crippen molar-refractivity contribution in [3.63, 3.8) is 0 Å². The number of phenols is 1. The zero-order chi connectivity index (χ0) is 13.0. The SMILES string of the molecule is CCC(NC(=O)c1ccc(O)c(C)c1)C(N)=S. The lowest BCUT2D eigenvalue weighted by atomic mass is 10.1. The third kappa shape index (κ3) is 3.42. The largest absolute Gasteiger partial charge is 0.508 e. The van der Waals surface area contributed by atoms with Crippen molar-refractivity contribution in [3.05, 3.63) is 29.3 Å². The van der Waals surface area contributed by atoms with E-state index in [2.05, 4.69) is 5.32 Å². The Labute approximate surface area is 106 Å². The molecule has 5 heteroatoms. The highest BCUT2D eigenvalue weighted by Crippen LogP contribution is 2.16. The van der Waals surface area contributed by atoms with Crippen LogP contribution in [-0.4, -0.2) is 22.0 Å². The Bertz CT molecular complexity index is 446. The summed E-state index contributed by atoms with van der Waals surface area (Å²) in [5.74, 6) is -0.0734. The van der Waals surface area contributed by atoms with Crippen molar-refractivity contribution in [2.45, 2.75) is 26.3 Å². The van der Waals surface area contributed by atoms with Crippen LogP contribution >= 0.6 is 12.2 Å². The highest BCUT2D eigenvalue weighted by Gasteiger charge is 2.14. The number of hydrogen-bond acceptors (Lipinski definition) is 3. The van der Waals surface area contributed by atoms with Crippen LogP contribution in [0, 0.1) is 6.92 Å². The number of aromatic hydroxyl groups is 1. The number of nitrogens with two attached hydrogens (primary N) is 1. The molecule has 1 unspecified atom stereocenters. The van der Waals surface area contributed by atoms with Crippen LogP contribution in [0.15, 0.2) is 18.2 Å². The van der Waals surface area contributed by atoms with Gasteiger partial charge in [0.25, 0.3) is 5.91 Å². The number of carbonyl (C=O) groups is 1. The van der Waals surface area contributed by atoms with Gasteiger partial charge in [0, 0.05) is 5.56 Å². The van der Waals surface area contributed by atoms with Crippen molar-refractivity contribution in [3.8, 4) is 5.75 Å².